The van der Waals surface area contributed by atoms with Crippen LogP contribution in [-0.2, 0) is 22.6 Å². The average Bonchev–Trinajstić information content (AvgIpc) is 3.52. The maximum atomic E-state index is 13.9. The molecule has 0 saturated heterocycles. The first-order valence-electron chi connectivity index (χ1n) is 9.87. The lowest BCUT2D eigenvalue weighted by molar-refractivity contribution is -0.119. The summed E-state index contributed by atoms with van der Waals surface area (Å²) < 4.78 is 33.2. The Balaban J connectivity index is 1.32. The zero-order valence-corrected chi connectivity index (χ0v) is 19.0. The Morgan fingerprint density at radius 1 is 1.15 bits per heavy atom. The lowest BCUT2D eigenvalue weighted by Crippen LogP contribution is -2.17. The summed E-state index contributed by atoms with van der Waals surface area (Å²) in [5.41, 5.74) is 0.448. The highest BCUT2D eigenvalue weighted by Gasteiger charge is 2.17. The predicted molar refractivity (Wildman–Crippen MR) is 122 cm³/mol. The number of hydrogen-bond acceptors (Lipinski definition) is 7. The van der Waals surface area contributed by atoms with Crippen LogP contribution in [0.2, 0.25) is 0 Å². The molecule has 4 aromatic rings. The molecule has 0 unspecified atom stereocenters. The van der Waals surface area contributed by atoms with Crippen LogP contribution in [0.4, 0.5) is 13.9 Å². The van der Waals surface area contributed by atoms with Gasteiger partial charge in [0.05, 0.1) is 28.9 Å². The minimum Gasteiger partial charge on any atom is -0.441 e. The maximum absolute atomic E-state index is 13.9. The van der Waals surface area contributed by atoms with Crippen molar-refractivity contribution >= 4 is 39.6 Å². The highest BCUT2D eigenvalue weighted by atomic mass is 32.1. The molecular weight excluding hydrogens is 470 g/mol. The molecule has 4 rings (SSSR count). The molecule has 33 heavy (non-hydrogen) atoms. The molecule has 0 saturated carbocycles. The number of carbonyl (C=O) groups excluding carboxylic acids is 2. The molecule has 0 bridgehead atoms. The van der Waals surface area contributed by atoms with Gasteiger partial charge in [0.2, 0.25) is 11.8 Å². The second-order valence-corrected chi connectivity index (χ2v) is 9.00. The van der Waals surface area contributed by atoms with Gasteiger partial charge in [0, 0.05) is 30.0 Å². The Hall–Kier alpha value is -3.44. The third kappa shape index (κ3) is 5.68. The van der Waals surface area contributed by atoms with Crippen molar-refractivity contribution in [3.63, 3.8) is 0 Å². The third-order valence-corrected chi connectivity index (χ3v) is 6.37. The van der Waals surface area contributed by atoms with Gasteiger partial charge in [0.15, 0.2) is 16.8 Å². The van der Waals surface area contributed by atoms with E-state index in [0.29, 0.717) is 11.7 Å². The largest absolute Gasteiger partial charge is 0.441 e. The van der Waals surface area contributed by atoms with E-state index in [1.807, 2.05) is 17.5 Å². The van der Waals surface area contributed by atoms with Crippen LogP contribution in [0.1, 0.15) is 24.1 Å². The molecule has 7 nitrogen and oxygen atoms in total. The van der Waals surface area contributed by atoms with Crippen molar-refractivity contribution in [3.8, 4) is 21.9 Å². The zero-order chi connectivity index (χ0) is 23.4. The molecule has 0 aliphatic carbocycles. The van der Waals surface area contributed by atoms with Crippen molar-refractivity contribution in [1.82, 2.24) is 15.3 Å². The number of anilines is 1. The first kappa shape index (κ1) is 22.7. The van der Waals surface area contributed by atoms with Gasteiger partial charge in [0.1, 0.15) is 11.6 Å². The number of aromatic nitrogens is 2. The third-order valence-electron chi connectivity index (χ3n) is 4.50. The monoisotopic (exact) mass is 488 g/mol. The highest BCUT2D eigenvalue weighted by molar-refractivity contribution is 7.17. The van der Waals surface area contributed by atoms with Gasteiger partial charge in [-0.25, -0.2) is 18.7 Å². The van der Waals surface area contributed by atoms with Gasteiger partial charge < -0.3 is 15.1 Å². The van der Waals surface area contributed by atoms with Gasteiger partial charge in [-0.15, -0.1) is 22.7 Å². The van der Waals surface area contributed by atoms with Gasteiger partial charge in [-0.05, 0) is 24.3 Å². The number of hydrogen-bond donors (Lipinski definition) is 2. The second kappa shape index (κ2) is 10.0. The standard InChI is InChI=1S/C22H18F2N4O3S2/c1-12(29)25-9-13-5-6-18(33-13)16-11-32-22(27-16)28-19(30)7-8-20-26-10-17(31-20)21-14(23)3-2-4-15(21)24/h2-6,10-11H,7-9H2,1H3,(H,25,29)(H,27,28,30). The number of nitrogens with zero attached hydrogens (tertiary/aromatic N) is 2. The van der Waals surface area contributed by atoms with Crippen LogP contribution < -0.4 is 10.6 Å². The molecule has 0 atom stereocenters. The minimum atomic E-state index is -0.747. The fourth-order valence-electron chi connectivity index (χ4n) is 2.94. The lowest BCUT2D eigenvalue weighted by Gasteiger charge is -2.01. The number of rotatable bonds is 8. The molecule has 11 heteroatoms. The second-order valence-electron chi connectivity index (χ2n) is 6.98. The Kier molecular flexibility index (Phi) is 6.90. The molecule has 0 radical (unpaired) electrons. The fraction of sp³-hybridized carbons (Fsp3) is 0.182. The van der Waals surface area contributed by atoms with E-state index >= 15 is 0 Å². The summed E-state index contributed by atoms with van der Waals surface area (Å²) in [6.07, 6.45) is 1.47. The van der Waals surface area contributed by atoms with Crippen molar-refractivity contribution in [3.05, 3.63) is 64.3 Å². The van der Waals surface area contributed by atoms with Crippen LogP contribution >= 0.6 is 22.7 Å². The molecule has 2 amide bonds. The summed E-state index contributed by atoms with van der Waals surface area (Å²) in [7, 11) is 0. The Labute approximate surface area is 195 Å². The normalized spacial score (nSPS) is 10.9. The van der Waals surface area contributed by atoms with Crippen molar-refractivity contribution in [2.24, 2.45) is 0 Å². The maximum Gasteiger partial charge on any atom is 0.226 e. The molecule has 2 N–H and O–H groups in total. The smallest absolute Gasteiger partial charge is 0.226 e. The van der Waals surface area contributed by atoms with E-state index in [2.05, 4.69) is 20.6 Å². The molecule has 3 aromatic heterocycles. The number of amides is 2. The topological polar surface area (TPSA) is 97.1 Å². The van der Waals surface area contributed by atoms with E-state index in [1.54, 1.807) is 0 Å². The Morgan fingerprint density at radius 3 is 2.70 bits per heavy atom. The molecule has 1 aromatic carbocycles. The predicted octanol–water partition coefficient (Wildman–Crippen LogP) is 5.01. The number of halogens is 2. The fourth-order valence-corrected chi connectivity index (χ4v) is 4.65. The van der Waals surface area contributed by atoms with Crippen molar-refractivity contribution < 1.29 is 22.8 Å². The zero-order valence-electron chi connectivity index (χ0n) is 17.4. The molecule has 0 spiro atoms. The number of benzene rings is 1. The van der Waals surface area contributed by atoms with E-state index in [4.69, 9.17) is 4.42 Å². The Bertz CT molecular complexity index is 1280. The van der Waals surface area contributed by atoms with E-state index in [0.717, 1.165) is 27.6 Å². The number of oxazole rings is 1. The molecule has 170 valence electrons. The van der Waals surface area contributed by atoms with Gasteiger partial charge in [-0.3, -0.25) is 9.59 Å². The number of carbonyl (C=O) groups is 2. The first-order valence-corrected chi connectivity index (χ1v) is 11.6. The van der Waals surface area contributed by atoms with Crippen LogP contribution in [0, 0.1) is 11.6 Å². The summed E-state index contributed by atoms with van der Waals surface area (Å²) in [4.78, 5) is 33.7. The van der Waals surface area contributed by atoms with E-state index in [1.165, 1.54) is 41.9 Å². The molecule has 0 aliphatic heterocycles. The van der Waals surface area contributed by atoms with Crippen LogP contribution in [0.3, 0.4) is 0 Å². The van der Waals surface area contributed by atoms with Crippen LogP contribution in [0.25, 0.3) is 21.9 Å². The van der Waals surface area contributed by atoms with Crippen LogP contribution in [0.5, 0.6) is 0 Å². The molecular formula is C22H18F2N4O3S2. The van der Waals surface area contributed by atoms with Gasteiger partial charge in [-0.2, -0.15) is 0 Å². The van der Waals surface area contributed by atoms with E-state index in [9.17, 15) is 18.4 Å². The quantitative estimate of drug-likeness (QED) is 0.363. The van der Waals surface area contributed by atoms with Gasteiger partial charge in [0.25, 0.3) is 0 Å². The first-order chi connectivity index (χ1) is 15.9. The summed E-state index contributed by atoms with van der Waals surface area (Å²) in [6, 6.07) is 7.38. The molecule has 3 heterocycles. The number of thiophene rings is 1. The summed E-state index contributed by atoms with van der Waals surface area (Å²) in [5, 5.41) is 7.77. The van der Waals surface area contributed by atoms with Crippen molar-refractivity contribution in [2.45, 2.75) is 26.3 Å². The van der Waals surface area contributed by atoms with Crippen molar-refractivity contribution in [1.29, 1.82) is 0 Å². The number of thiazole rings is 1. The summed E-state index contributed by atoms with van der Waals surface area (Å²) in [5.74, 6) is -1.70. The van der Waals surface area contributed by atoms with E-state index in [-0.39, 0.29) is 41.9 Å². The number of nitrogens with one attached hydrogen (secondary N) is 2. The van der Waals surface area contributed by atoms with Gasteiger partial charge >= 0.3 is 0 Å². The van der Waals surface area contributed by atoms with Crippen LogP contribution in [0.15, 0.2) is 46.3 Å². The molecule has 0 aliphatic rings. The summed E-state index contributed by atoms with van der Waals surface area (Å²) >= 11 is 2.81. The van der Waals surface area contributed by atoms with Gasteiger partial charge in [-0.1, -0.05) is 6.07 Å². The highest BCUT2D eigenvalue weighted by Crippen LogP contribution is 2.31. The number of aryl methyl sites for hydroxylation is 1. The Morgan fingerprint density at radius 2 is 1.94 bits per heavy atom. The van der Waals surface area contributed by atoms with Crippen LogP contribution in [-0.4, -0.2) is 21.8 Å². The van der Waals surface area contributed by atoms with E-state index < -0.39 is 11.6 Å². The minimum absolute atomic E-state index is 0.0283. The SMILES string of the molecule is CC(=O)NCc1ccc(-c2csc(NC(=O)CCc3ncc(-c4c(F)cccc4F)o3)n2)s1. The lowest BCUT2D eigenvalue weighted by atomic mass is 10.1. The molecule has 0 fully saturated rings. The summed E-state index contributed by atoms with van der Waals surface area (Å²) in [6.45, 7) is 1.92. The average molecular weight is 489 g/mol. The van der Waals surface area contributed by atoms with Crippen molar-refractivity contribution in [2.75, 3.05) is 5.32 Å².